The molecule has 9 heteroatoms. The number of nitrogens with one attached hydrogen (secondary N) is 2. The SMILES string of the molecule is CCN1/C(=C\C=N)C(C)(Cc2ccccc2)c2cc(OC)c(OC)cc21.COC(=O)c1ccc(C(=N)O)cc1.[Co]. The maximum atomic E-state index is 11.0. The van der Waals surface area contributed by atoms with Crippen LogP contribution in [0.1, 0.15) is 40.9 Å². The molecule has 0 aromatic heterocycles. The van der Waals surface area contributed by atoms with Crippen molar-refractivity contribution in [3.05, 3.63) is 101 Å². The van der Waals surface area contributed by atoms with E-state index in [-0.39, 0.29) is 22.2 Å². The Balaban J connectivity index is 0.000000339. The van der Waals surface area contributed by atoms with Crippen molar-refractivity contribution in [1.29, 1.82) is 10.8 Å². The van der Waals surface area contributed by atoms with E-state index >= 15 is 0 Å². The number of benzene rings is 3. The fraction of sp³-hybridized carbons (Fsp3) is 0.258. The van der Waals surface area contributed by atoms with Crippen molar-refractivity contribution >= 4 is 23.8 Å². The van der Waals surface area contributed by atoms with Crippen molar-refractivity contribution in [2.75, 3.05) is 32.8 Å². The Bertz CT molecular complexity index is 1360. The molecule has 1 unspecified atom stereocenters. The Labute approximate surface area is 245 Å². The van der Waals surface area contributed by atoms with E-state index in [9.17, 15) is 4.79 Å². The molecule has 4 rings (SSSR count). The van der Waals surface area contributed by atoms with Crippen LogP contribution in [-0.4, -0.2) is 51.1 Å². The summed E-state index contributed by atoms with van der Waals surface area (Å²) in [4.78, 5) is 13.2. The molecule has 3 N–H and O–H groups in total. The van der Waals surface area contributed by atoms with Crippen molar-refractivity contribution in [3.8, 4) is 11.5 Å². The van der Waals surface area contributed by atoms with Gasteiger partial charge in [-0.2, -0.15) is 0 Å². The van der Waals surface area contributed by atoms with E-state index in [1.807, 2.05) is 18.2 Å². The number of rotatable bonds is 8. The Hall–Kier alpha value is -4.08. The third-order valence-corrected chi connectivity index (χ3v) is 6.78. The number of ether oxygens (including phenoxy) is 3. The number of nitrogens with zero attached hydrogens (tertiary/aromatic N) is 1. The van der Waals surface area contributed by atoms with E-state index < -0.39 is 11.9 Å². The molecule has 0 amide bonds. The number of carbonyl (C=O) groups is 1. The van der Waals surface area contributed by atoms with E-state index in [1.165, 1.54) is 48.7 Å². The summed E-state index contributed by atoms with van der Waals surface area (Å²) in [7, 11) is 4.62. The van der Waals surface area contributed by atoms with Crippen LogP contribution in [0.25, 0.3) is 0 Å². The minimum Gasteiger partial charge on any atom is -0.493 e. The standard InChI is InChI=1S/C22H26N2O2.C9H9NO3.Co/c1-5-24-18-14-20(26-4)19(25-3)13-17(18)22(2,21(24)11-12-23)15-16-9-7-6-8-10-16;1-13-9(12)7-4-2-6(3-5-7)8(10)11;/h6-14,23H,5,15H2,1-4H3;2-5H,1H3,(H2,10,11);/b21-11-,23-12?;;. The molecular formula is C31H35CoN3O5. The second kappa shape index (κ2) is 14.3. The molecule has 1 aliphatic rings. The van der Waals surface area contributed by atoms with Gasteiger partial charge in [-0.05, 0) is 67.8 Å². The largest absolute Gasteiger partial charge is 0.493 e. The average Bonchev–Trinajstić information content (AvgIpc) is 3.18. The molecule has 1 heterocycles. The summed E-state index contributed by atoms with van der Waals surface area (Å²) < 4.78 is 15.6. The summed E-state index contributed by atoms with van der Waals surface area (Å²) in [6, 6.07) is 20.6. The first-order valence-corrected chi connectivity index (χ1v) is 12.5. The molecule has 0 aliphatic carbocycles. The van der Waals surface area contributed by atoms with E-state index in [4.69, 9.17) is 25.4 Å². The van der Waals surface area contributed by atoms with Gasteiger partial charge in [0.1, 0.15) is 0 Å². The molecular weight excluding hydrogens is 553 g/mol. The predicted octanol–water partition coefficient (Wildman–Crippen LogP) is 5.93. The number of hydrogen-bond acceptors (Lipinski definition) is 7. The number of aliphatic hydroxyl groups is 1. The topological polar surface area (TPSA) is 116 Å². The number of fused-ring (bicyclic) bond motifs is 1. The minimum atomic E-state index is -0.517. The molecule has 3 aromatic carbocycles. The van der Waals surface area contributed by atoms with E-state index in [1.54, 1.807) is 14.2 Å². The molecule has 0 spiro atoms. The summed E-state index contributed by atoms with van der Waals surface area (Å²) in [6.45, 7) is 5.20. The second-order valence-corrected chi connectivity index (χ2v) is 9.10. The quantitative estimate of drug-likeness (QED) is 0.171. The molecule has 0 saturated heterocycles. The zero-order valence-electron chi connectivity index (χ0n) is 23.3. The van der Waals surface area contributed by atoms with Crippen LogP contribution >= 0.6 is 0 Å². The van der Waals surface area contributed by atoms with Crippen LogP contribution in [0, 0.1) is 10.8 Å². The van der Waals surface area contributed by atoms with Gasteiger partial charge in [-0.1, -0.05) is 30.3 Å². The number of anilines is 1. The van der Waals surface area contributed by atoms with Crippen LogP contribution in [0.3, 0.4) is 0 Å². The third kappa shape index (κ3) is 6.73. The molecule has 8 nitrogen and oxygen atoms in total. The van der Waals surface area contributed by atoms with E-state index in [2.05, 4.69) is 53.8 Å². The normalized spacial score (nSPS) is 16.1. The zero-order valence-corrected chi connectivity index (χ0v) is 24.3. The molecule has 1 atom stereocenters. The van der Waals surface area contributed by atoms with Crippen molar-refractivity contribution in [1.82, 2.24) is 0 Å². The Kier molecular flexibility index (Phi) is 11.5. The first-order chi connectivity index (χ1) is 18.7. The van der Waals surface area contributed by atoms with Crippen LogP contribution in [0.2, 0.25) is 0 Å². The first kappa shape index (κ1) is 32.1. The van der Waals surface area contributed by atoms with Crippen LogP contribution < -0.4 is 14.4 Å². The Morgan fingerprint density at radius 1 is 0.975 bits per heavy atom. The number of carbonyl (C=O) groups excluding carboxylic acids is 1. The molecule has 213 valence electrons. The smallest absolute Gasteiger partial charge is 0.337 e. The molecule has 0 fully saturated rings. The van der Waals surface area contributed by atoms with E-state index in [0.29, 0.717) is 11.1 Å². The Morgan fingerprint density at radius 2 is 1.55 bits per heavy atom. The third-order valence-electron chi connectivity index (χ3n) is 6.78. The van der Waals surface area contributed by atoms with Crippen LogP contribution in [0.5, 0.6) is 11.5 Å². The minimum absolute atomic E-state index is 0. The van der Waals surface area contributed by atoms with Gasteiger partial charge in [0.25, 0.3) is 0 Å². The van der Waals surface area contributed by atoms with Gasteiger partial charge in [-0.25, -0.2) is 4.79 Å². The van der Waals surface area contributed by atoms with Gasteiger partial charge < -0.3 is 29.6 Å². The Morgan fingerprint density at radius 3 is 2.05 bits per heavy atom. The van der Waals surface area contributed by atoms with Crippen LogP contribution in [0.4, 0.5) is 5.69 Å². The monoisotopic (exact) mass is 588 g/mol. The van der Waals surface area contributed by atoms with Crippen molar-refractivity contribution in [3.63, 3.8) is 0 Å². The van der Waals surface area contributed by atoms with Gasteiger partial charge in [0, 0.05) is 58.0 Å². The summed E-state index contributed by atoms with van der Waals surface area (Å²) in [5.74, 6) is 0.507. The second-order valence-electron chi connectivity index (χ2n) is 9.10. The van der Waals surface area contributed by atoms with Gasteiger partial charge in [0.2, 0.25) is 5.90 Å². The van der Waals surface area contributed by atoms with Crippen LogP contribution in [0.15, 0.2) is 78.5 Å². The average molecular weight is 589 g/mol. The number of allylic oxidation sites excluding steroid dienone is 2. The van der Waals surface area contributed by atoms with Crippen LogP contribution in [-0.2, 0) is 33.4 Å². The summed E-state index contributed by atoms with van der Waals surface area (Å²) >= 11 is 0. The predicted molar refractivity (Wildman–Crippen MR) is 154 cm³/mol. The number of esters is 1. The van der Waals surface area contributed by atoms with E-state index in [0.717, 1.165) is 35.8 Å². The first-order valence-electron chi connectivity index (χ1n) is 12.5. The number of likely N-dealkylation sites (N-methyl/N-ethyl adjacent to an activating group) is 1. The number of hydrogen-bond donors (Lipinski definition) is 3. The summed E-state index contributed by atoms with van der Waals surface area (Å²) in [5, 5.41) is 23.4. The van der Waals surface area contributed by atoms with Crippen molar-refractivity contribution in [2.24, 2.45) is 0 Å². The number of aliphatic hydroxyl groups excluding tert-OH is 1. The summed E-state index contributed by atoms with van der Waals surface area (Å²) in [5.41, 5.74) is 5.24. The van der Waals surface area contributed by atoms with Gasteiger partial charge >= 0.3 is 5.97 Å². The fourth-order valence-corrected chi connectivity index (χ4v) is 4.86. The summed E-state index contributed by atoms with van der Waals surface area (Å²) in [6.07, 6.45) is 4.14. The van der Waals surface area contributed by atoms with Crippen molar-refractivity contribution < 1.29 is 40.9 Å². The molecule has 1 aliphatic heterocycles. The number of methoxy groups -OCH3 is 3. The molecule has 0 saturated carbocycles. The molecule has 0 bridgehead atoms. The van der Waals surface area contributed by atoms with Gasteiger partial charge in [-0.3, -0.25) is 5.41 Å². The molecule has 1 radical (unpaired) electrons. The molecule has 40 heavy (non-hydrogen) atoms. The zero-order chi connectivity index (χ0) is 28.6. The van der Waals surface area contributed by atoms with Gasteiger partial charge in [-0.15, -0.1) is 0 Å². The van der Waals surface area contributed by atoms with Crippen molar-refractivity contribution in [2.45, 2.75) is 25.7 Å². The van der Waals surface area contributed by atoms with Gasteiger partial charge in [0.05, 0.1) is 26.9 Å². The fourth-order valence-electron chi connectivity index (χ4n) is 4.86. The van der Waals surface area contributed by atoms with Gasteiger partial charge in [0.15, 0.2) is 11.5 Å². The maximum absolute atomic E-state index is 11.0. The maximum Gasteiger partial charge on any atom is 0.337 e. The molecule has 3 aromatic rings.